The van der Waals surface area contributed by atoms with E-state index in [1.807, 2.05) is 12.2 Å². The van der Waals surface area contributed by atoms with E-state index in [4.69, 9.17) is 0 Å². The maximum atomic E-state index is 3.88. The lowest BCUT2D eigenvalue weighted by Gasteiger charge is -2.18. The normalized spacial score (nSPS) is 10.9. The zero-order valence-corrected chi connectivity index (χ0v) is 16.8. The van der Waals surface area contributed by atoms with Crippen LogP contribution >= 0.6 is 0 Å². The van der Waals surface area contributed by atoms with Crippen LogP contribution in [-0.2, 0) is 0 Å². The van der Waals surface area contributed by atoms with Crippen LogP contribution in [0.25, 0.3) is 56.0 Å². The lowest BCUT2D eigenvalue weighted by atomic mass is 9.86. The first kappa shape index (κ1) is 18.1. The van der Waals surface area contributed by atoms with Gasteiger partial charge in [-0.05, 0) is 54.9 Å². The summed E-state index contributed by atoms with van der Waals surface area (Å²) in [6.45, 7) is 7.77. The van der Waals surface area contributed by atoms with Crippen LogP contribution in [0.1, 0.15) is 11.1 Å². The molecule has 0 aromatic heterocycles. The highest BCUT2D eigenvalue weighted by molar-refractivity contribution is 6.21. The Bertz CT molecular complexity index is 1220. The fourth-order valence-corrected chi connectivity index (χ4v) is 4.32. The maximum absolute atomic E-state index is 3.88. The summed E-state index contributed by atoms with van der Waals surface area (Å²) < 4.78 is 0. The lowest BCUT2D eigenvalue weighted by molar-refractivity contribution is 1.62. The van der Waals surface area contributed by atoms with Crippen LogP contribution in [0.4, 0.5) is 0 Å². The summed E-state index contributed by atoms with van der Waals surface area (Å²) >= 11 is 0. The molecule has 0 saturated carbocycles. The molecule has 0 heteroatoms. The van der Waals surface area contributed by atoms with Gasteiger partial charge < -0.3 is 0 Å². The van der Waals surface area contributed by atoms with Gasteiger partial charge in [-0.2, -0.15) is 0 Å². The summed E-state index contributed by atoms with van der Waals surface area (Å²) in [4.78, 5) is 0. The van der Waals surface area contributed by atoms with E-state index < -0.39 is 0 Å². The zero-order chi connectivity index (χ0) is 20.5. The Kier molecular flexibility index (Phi) is 4.53. The van der Waals surface area contributed by atoms with Crippen molar-refractivity contribution in [1.29, 1.82) is 0 Å². The maximum Gasteiger partial charge on any atom is -0.00264 e. The summed E-state index contributed by atoms with van der Waals surface area (Å²) in [5.74, 6) is 0. The van der Waals surface area contributed by atoms with E-state index in [1.54, 1.807) is 0 Å². The Balaban J connectivity index is 1.90. The molecule has 142 valence electrons. The third kappa shape index (κ3) is 2.94. The number of rotatable bonds is 4. The van der Waals surface area contributed by atoms with E-state index in [1.165, 1.54) is 43.8 Å². The van der Waals surface area contributed by atoms with Crippen molar-refractivity contribution in [3.63, 3.8) is 0 Å². The highest BCUT2D eigenvalue weighted by atomic mass is 14.2. The Hall–Kier alpha value is -3.90. The van der Waals surface area contributed by atoms with Crippen LogP contribution in [0.3, 0.4) is 0 Å². The minimum absolute atomic E-state index is 1.13. The number of hydrogen-bond donors (Lipinski definition) is 0. The number of hydrogen-bond acceptors (Lipinski definition) is 0. The van der Waals surface area contributed by atoms with E-state index >= 15 is 0 Å². The van der Waals surface area contributed by atoms with E-state index in [2.05, 4.69) is 110 Å². The highest BCUT2D eigenvalue weighted by Crippen LogP contribution is 2.43. The second-order valence-electron chi connectivity index (χ2n) is 7.49. The van der Waals surface area contributed by atoms with Crippen LogP contribution in [0.5, 0.6) is 0 Å². The van der Waals surface area contributed by atoms with E-state index in [-0.39, 0.29) is 0 Å². The van der Waals surface area contributed by atoms with E-state index in [9.17, 15) is 0 Å². The quantitative estimate of drug-likeness (QED) is 0.273. The molecular formula is C30H22. The summed E-state index contributed by atoms with van der Waals surface area (Å²) in [6.07, 6.45) is 3.77. The third-order valence-corrected chi connectivity index (χ3v) is 5.80. The van der Waals surface area contributed by atoms with Gasteiger partial charge in [-0.15, -0.1) is 0 Å². The molecule has 0 amide bonds. The summed E-state index contributed by atoms with van der Waals surface area (Å²) in [7, 11) is 0. The molecule has 0 heterocycles. The predicted octanol–water partition coefficient (Wildman–Crippen LogP) is 8.61. The Morgan fingerprint density at radius 1 is 0.400 bits per heavy atom. The predicted molar refractivity (Wildman–Crippen MR) is 133 cm³/mol. The average molecular weight is 383 g/mol. The lowest BCUT2D eigenvalue weighted by Crippen LogP contribution is -1.90. The largest absolute Gasteiger partial charge is 0.0985 e. The van der Waals surface area contributed by atoms with Crippen molar-refractivity contribution in [2.75, 3.05) is 0 Å². The highest BCUT2D eigenvalue weighted by Gasteiger charge is 2.16. The second kappa shape index (κ2) is 7.50. The van der Waals surface area contributed by atoms with E-state index in [0.717, 1.165) is 11.1 Å². The molecule has 0 aliphatic carbocycles. The molecule has 0 fully saturated rings. The van der Waals surface area contributed by atoms with Crippen molar-refractivity contribution in [1.82, 2.24) is 0 Å². The SMILES string of the molecule is C=Cc1ccc(-c2c3ccccc3c(-c3ccc(C=C)cc3)c3ccccc23)cc1. The molecule has 0 radical (unpaired) electrons. The van der Waals surface area contributed by atoms with Crippen LogP contribution in [0, 0.1) is 0 Å². The van der Waals surface area contributed by atoms with Crippen LogP contribution in [0.2, 0.25) is 0 Å². The zero-order valence-electron chi connectivity index (χ0n) is 16.8. The summed E-state index contributed by atoms with van der Waals surface area (Å²) in [6, 6.07) is 34.8. The average Bonchev–Trinajstić information content (AvgIpc) is 2.82. The molecule has 5 aromatic carbocycles. The third-order valence-electron chi connectivity index (χ3n) is 5.80. The van der Waals surface area contributed by atoms with E-state index in [0.29, 0.717) is 0 Å². The molecule has 0 atom stereocenters. The van der Waals surface area contributed by atoms with Crippen LogP contribution < -0.4 is 0 Å². The Morgan fingerprint density at radius 2 is 0.700 bits per heavy atom. The summed E-state index contributed by atoms with van der Waals surface area (Å²) in [5, 5.41) is 5.08. The van der Waals surface area contributed by atoms with Crippen molar-refractivity contribution in [3.05, 3.63) is 121 Å². The van der Waals surface area contributed by atoms with Crippen molar-refractivity contribution in [3.8, 4) is 22.3 Å². The van der Waals surface area contributed by atoms with Gasteiger partial charge >= 0.3 is 0 Å². The van der Waals surface area contributed by atoms with Gasteiger partial charge in [0.05, 0.1) is 0 Å². The molecule has 0 saturated heterocycles. The molecule has 30 heavy (non-hydrogen) atoms. The smallest absolute Gasteiger partial charge is 0.00264 e. The second-order valence-corrected chi connectivity index (χ2v) is 7.49. The minimum atomic E-state index is 1.13. The topological polar surface area (TPSA) is 0 Å². The van der Waals surface area contributed by atoms with Gasteiger partial charge in [0.2, 0.25) is 0 Å². The summed E-state index contributed by atoms with van der Waals surface area (Å²) in [5.41, 5.74) is 7.27. The minimum Gasteiger partial charge on any atom is -0.0985 e. The molecule has 0 nitrogen and oxygen atoms in total. The van der Waals surface area contributed by atoms with Crippen LogP contribution in [0.15, 0.2) is 110 Å². The first-order valence-electron chi connectivity index (χ1n) is 10.2. The molecule has 0 aliphatic heterocycles. The molecule has 0 bridgehead atoms. The van der Waals surface area contributed by atoms with Gasteiger partial charge in [0.1, 0.15) is 0 Å². The fraction of sp³-hybridized carbons (Fsp3) is 0. The van der Waals surface area contributed by atoms with Gasteiger partial charge in [-0.25, -0.2) is 0 Å². The van der Waals surface area contributed by atoms with Gasteiger partial charge in [-0.1, -0.05) is 122 Å². The molecule has 5 aromatic rings. The molecule has 0 spiro atoms. The van der Waals surface area contributed by atoms with Gasteiger partial charge in [-0.3, -0.25) is 0 Å². The number of fused-ring (bicyclic) bond motifs is 2. The van der Waals surface area contributed by atoms with Gasteiger partial charge in [0.25, 0.3) is 0 Å². The Labute approximate surface area is 177 Å². The van der Waals surface area contributed by atoms with Crippen LogP contribution in [-0.4, -0.2) is 0 Å². The standard InChI is InChI=1S/C30H22/c1-3-21-13-17-23(18-14-21)29-25-9-5-7-11-27(25)30(28-12-8-6-10-26(28)29)24-19-15-22(4-2)16-20-24/h3-20H,1-2H2. The van der Waals surface area contributed by atoms with Crippen molar-refractivity contribution in [2.24, 2.45) is 0 Å². The number of benzene rings is 5. The Morgan fingerprint density at radius 3 is 0.967 bits per heavy atom. The van der Waals surface area contributed by atoms with Crippen molar-refractivity contribution < 1.29 is 0 Å². The van der Waals surface area contributed by atoms with Gasteiger partial charge in [0.15, 0.2) is 0 Å². The van der Waals surface area contributed by atoms with Crippen molar-refractivity contribution >= 4 is 33.7 Å². The monoisotopic (exact) mass is 382 g/mol. The molecule has 5 rings (SSSR count). The fourth-order valence-electron chi connectivity index (χ4n) is 4.32. The molecule has 0 N–H and O–H groups in total. The molecule has 0 aliphatic rings. The first-order chi connectivity index (χ1) is 14.8. The first-order valence-corrected chi connectivity index (χ1v) is 10.2. The molecular weight excluding hydrogens is 360 g/mol. The van der Waals surface area contributed by atoms with Crippen molar-refractivity contribution in [2.45, 2.75) is 0 Å². The molecule has 0 unspecified atom stereocenters. The van der Waals surface area contributed by atoms with Gasteiger partial charge in [0, 0.05) is 0 Å².